The van der Waals surface area contributed by atoms with Crippen LogP contribution in [0.2, 0.25) is 0 Å². The molecule has 0 unspecified atom stereocenters. The van der Waals surface area contributed by atoms with Crippen molar-refractivity contribution in [1.29, 1.82) is 0 Å². The summed E-state index contributed by atoms with van der Waals surface area (Å²) in [5.41, 5.74) is 2.19. The quantitative estimate of drug-likeness (QED) is 0.433. The van der Waals surface area contributed by atoms with Crippen LogP contribution in [0.5, 0.6) is 0 Å². The van der Waals surface area contributed by atoms with Gasteiger partial charge in [0.25, 0.3) is 0 Å². The van der Waals surface area contributed by atoms with Crippen molar-refractivity contribution in [2.24, 2.45) is 16.3 Å². The van der Waals surface area contributed by atoms with Crippen molar-refractivity contribution in [2.75, 3.05) is 20.6 Å². The lowest BCUT2D eigenvalue weighted by molar-refractivity contribution is 0.235. The van der Waals surface area contributed by atoms with Crippen LogP contribution < -0.4 is 15.4 Å². The van der Waals surface area contributed by atoms with Crippen molar-refractivity contribution in [3.8, 4) is 0 Å². The fraction of sp³-hybridized carbons (Fsp3) is 0.667. The van der Waals surface area contributed by atoms with Gasteiger partial charge in [-0.3, -0.25) is 4.99 Å². The number of hydrogen-bond acceptors (Lipinski definition) is 3. The molecule has 0 aromatic heterocycles. The molecule has 6 nitrogen and oxygen atoms in total. The molecule has 1 fully saturated rings. The summed E-state index contributed by atoms with van der Waals surface area (Å²) in [5.74, 6) is 1.48. The molecular weight excluding hydrogens is 372 g/mol. The lowest BCUT2D eigenvalue weighted by Gasteiger charge is -2.32. The Morgan fingerprint density at radius 1 is 1.18 bits per heavy atom. The molecule has 2 rings (SSSR count). The van der Waals surface area contributed by atoms with Gasteiger partial charge in [-0.1, -0.05) is 51.0 Å². The molecule has 0 atom stereocenters. The Labute approximate surface area is 170 Å². The number of benzene rings is 1. The van der Waals surface area contributed by atoms with E-state index in [1.165, 1.54) is 39.2 Å². The molecule has 0 aliphatic heterocycles. The highest BCUT2D eigenvalue weighted by Gasteiger charge is 2.34. The molecule has 0 radical (unpaired) electrons. The first-order valence-electron chi connectivity index (χ1n) is 10.2. The Balaban J connectivity index is 1.92. The third kappa shape index (κ3) is 7.09. The van der Waals surface area contributed by atoms with Crippen LogP contribution >= 0.6 is 0 Å². The maximum Gasteiger partial charge on any atom is 0.215 e. The summed E-state index contributed by atoms with van der Waals surface area (Å²) < 4.78 is 25.9. The molecule has 1 aliphatic carbocycles. The van der Waals surface area contributed by atoms with Gasteiger partial charge in [0.05, 0.1) is 5.75 Å². The van der Waals surface area contributed by atoms with E-state index < -0.39 is 10.0 Å². The summed E-state index contributed by atoms with van der Waals surface area (Å²) in [5, 5.41) is 6.88. The molecule has 0 saturated heterocycles. The number of sulfonamides is 1. The van der Waals surface area contributed by atoms with Crippen LogP contribution in [0.3, 0.4) is 0 Å². The largest absolute Gasteiger partial charge is 0.356 e. The first-order chi connectivity index (χ1) is 13.3. The van der Waals surface area contributed by atoms with E-state index in [0.29, 0.717) is 17.9 Å². The second kappa shape index (κ2) is 10.3. The normalized spacial score (nSPS) is 17.1. The molecule has 3 N–H and O–H groups in total. The van der Waals surface area contributed by atoms with Crippen molar-refractivity contribution in [3.63, 3.8) is 0 Å². The number of nitrogens with zero attached hydrogens (tertiary/aromatic N) is 1. The zero-order chi connectivity index (χ0) is 20.6. The Kier molecular flexibility index (Phi) is 8.31. The summed E-state index contributed by atoms with van der Waals surface area (Å²) in [6, 6.07) is 7.64. The predicted molar refractivity (Wildman–Crippen MR) is 117 cm³/mol. The lowest BCUT2D eigenvalue weighted by Crippen LogP contribution is -2.43. The third-order valence-electron chi connectivity index (χ3n) is 5.48. The van der Waals surface area contributed by atoms with E-state index in [1.54, 1.807) is 7.05 Å². The van der Waals surface area contributed by atoms with Gasteiger partial charge in [0.2, 0.25) is 10.0 Å². The maximum absolute atomic E-state index is 11.8. The molecule has 158 valence electrons. The van der Waals surface area contributed by atoms with Gasteiger partial charge in [0.15, 0.2) is 5.96 Å². The first kappa shape index (κ1) is 22.7. The van der Waals surface area contributed by atoms with Gasteiger partial charge >= 0.3 is 0 Å². The molecule has 0 amide bonds. The Hall–Kier alpha value is -1.60. The minimum Gasteiger partial charge on any atom is -0.356 e. The number of aliphatic imine (C=N–C) groups is 1. The smallest absolute Gasteiger partial charge is 0.215 e. The molecular formula is C21H36N4O2S. The second-order valence-corrected chi connectivity index (χ2v) is 10.3. The fourth-order valence-electron chi connectivity index (χ4n) is 4.24. The summed E-state index contributed by atoms with van der Waals surface area (Å²) in [4.78, 5) is 4.36. The highest BCUT2D eigenvalue weighted by molar-refractivity contribution is 7.88. The maximum atomic E-state index is 11.8. The lowest BCUT2D eigenvalue weighted by atomic mass is 9.78. The van der Waals surface area contributed by atoms with Crippen LogP contribution in [0.25, 0.3) is 0 Å². The summed E-state index contributed by atoms with van der Waals surface area (Å²) in [6.07, 6.45) is 6.47. The molecule has 0 bridgehead atoms. The van der Waals surface area contributed by atoms with Crippen molar-refractivity contribution in [1.82, 2.24) is 15.4 Å². The monoisotopic (exact) mass is 408 g/mol. The van der Waals surface area contributed by atoms with Crippen molar-refractivity contribution in [3.05, 3.63) is 35.4 Å². The second-order valence-electron chi connectivity index (χ2n) is 8.37. The molecule has 0 spiro atoms. The summed E-state index contributed by atoms with van der Waals surface area (Å²) in [6.45, 7) is 6.15. The summed E-state index contributed by atoms with van der Waals surface area (Å²) >= 11 is 0. The predicted octanol–water partition coefficient (Wildman–Crippen LogP) is 3.01. The van der Waals surface area contributed by atoms with Gasteiger partial charge in [0, 0.05) is 20.1 Å². The zero-order valence-electron chi connectivity index (χ0n) is 17.7. The van der Waals surface area contributed by atoms with Gasteiger partial charge in [0.1, 0.15) is 0 Å². The highest BCUT2D eigenvalue weighted by atomic mass is 32.2. The Morgan fingerprint density at radius 3 is 2.46 bits per heavy atom. The Bertz CT molecular complexity index is 753. The third-order valence-corrected chi connectivity index (χ3v) is 6.81. The SMILES string of the molecule is CN=C(NCc1cccc(CS(=O)(=O)NC)c1)NCC1(CC(C)C)CCCC1. The van der Waals surface area contributed by atoms with Gasteiger partial charge in [-0.25, -0.2) is 13.1 Å². The van der Waals surface area contributed by atoms with Crippen LogP contribution in [0, 0.1) is 11.3 Å². The van der Waals surface area contributed by atoms with E-state index in [2.05, 4.69) is 34.2 Å². The number of rotatable bonds is 9. The van der Waals surface area contributed by atoms with Crippen LogP contribution in [0.15, 0.2) is 29.3 Å². The van der Waals surface area contributed by atoms with E-state index >= 15 is 0 Å². The van der Waals surface area contributed by atoms with E-state index in [4.69, 9.17) is 0 Å². The van der Waals surface area contributed by atoms with Crippen LogP contribution in [-0.4, -0.2) is 35.0 Å². The molecule has 1 aromatic rings. The van der Waals surface area contributed by atoms with E-state index in [9.17, 15) is 8.42 Å². The summed E-state index contributed by atoms with van der Waals surface area (Å²) in [7, 11) is -0.0427. The van der Waals surface area contributed by atoms with Gasteiger partial charge in [-0.05, 0) is 48.8 Å². The van der Waals surface area contributed by atoms with Crippen molar-refractivity contribution >= 4 is 16.0 Å². The number of guanidine groups is 1. The van der Waals surface area contributed by atoms with Crippen LogP contribution in [0.1, 0.15) is 57.1 Å². The van der Waals surface area contributed by atoms with E-state index in [1.807, 2.05) is 24.3 Å². The van der Waals surface area contributed by atoms with Crippen LogP contribution in [-0.2, 0) is 22.3 Å². The minimum atomic E-state index is -3.27. The molecule has 1 aromatic carbocycles. The van der Waals surface area contributed by atoms with Gasteiger partial charge < -0.3 is 10.6 Å². The van der Waals surface area contributed by atoms with Crippen molar-refractivity contribution in [2.45, 2.75) is 58.2 Å². The topological polar surface area (TPSA) is 82.6 Å². The molecule has 28 heavy (non-hydrogen) atoms. The molecule has 7 heteroatoms. The highest BCUT2D eigenvalue weighted by Crippen LogP contribution is 2.42. The van der Waals surface area contributed by atoms with Crippen molar-refractivity contribution < 1.29 is 8.42 Å². The first-order valence-corrected chi connectivity index (χ1v) is 11.9. The van der Waals surface area contributed by atoms with Gasteiger partial charge in [-0.15, -0.1) is 0 Å². The van der Waals surface area contributed by atoms with E-state index in [-0.39, 0.29) is 5.75 Å². The van der Waals surface area contributed by atoms with Crippen LogP contribution in [0.4, 0.5) is 0 Å². The number of hydrogen-bond donors (Lipinski definition) is 3. The zero-order valence-corrected chi connectivity index (χ0v) is 18.5. The fourth-order valence-corrected chi connectivity index (χ4v) is 5.01. The molecule has 1 saturated carbocycles. The molecule has 1 aliphatic rings. The Morgan fingerprint density at radius 2 is 1.86 bits per heavy atom. The number of nitrogens with one attached hydrogen (secondary N) is 3. The molecule has 0 heterocycles. The van der Waals surface area contributed by atoms with E-state index in [0.717, 1.165) is 23.6 Å². The van der Waals surface area contributed by atoms with Gasteiger partial charge in [-0.2, -0.15) is 0 Å². The average Bonchev–Trinajstić information content (AvgIpc) is 3.09. The average molecular weight is 409 g/mol. The minimum absolute atomic E-state index is 0.0119. The standard InChI is InChI=1S/C21H36N4O2S/c1-17(2)13-21(10-5-6-11-21)16-25-20(22-3)24-14-18-8-7-9-19(12-18)15-28(26,27)23-4/h7-9,12,17,23H,5-6,10-11,13-16H2,1-4H3,(H2,22,24,25).